The Bertz CT molecular complexity index is 1530. The van der Waals surface area contributed by atoms with Crippen molar-refractivity contribution in [1.82, 2.24) is 18.7 Å². The highest BCUT2D eigenvalue weighted by Crippen LogP contribution is 2.28. The average molecular weight is 449 g/mol. The van der Waals surface area contributed by atoms with Gasteiger partial charge in [0, 0.05) is 5.69 Å². The van der Waals surface area contributed by atoms with Gasteiger partial charge in [-0.1, -0.05) is 24.3 Å². The molecule has 5 rings (SSSR count). The van der Waals surface area contributed by atoms with Gasteiger partial charge in [0.25, 0.3) is 10.0 Å². The SMILES string of the molecule is Cc1cccc(S(=O)(=O)Nc2nc3ccccc3nc2Nc2ccc3nsnc3c2)c1. The van der Waals surface area contributed by atoms with Gasteiger partial charge < -0.3 is 5.32 Å². The van der Waals surface area contributed by atoms with Gasteiger partial charge >= 0.3 is 0 Å². The van der Waals surface area contributed by atoms with Crippen molar-refractivity contribution in [1.29, 1.82) is 0 Å². The third-order valence-corrected chi connectivity index (χ3v) is 6.51. The Morgan fingerprint density at radius 2 is 1.52 bits per heavy atom. The quantitative estimate of drug-likeness (QED) is 0.408. The molecule has 31 heavy (non-hydrogen) atoms. The number of aryl methyl sites for hydroxylation is 1. The van der Waals surface area contributed by atoms with Crippen LogP contribution in [0.5, 0.6) is 0 Å². The third kappa shape index (κ3) is 3.90. The lowest BCUT2D eigenvalue weighted by atomic mass is 10.2. The van der Waals surface area contributed by atoms with E-state index in [4.69, 9.17) is 0 Å². The van der Waals surface area contributed by atoms with Crippen LogP contribution < -0.4 is 10.0 Å². The largest absolute Gasteiger partial charge is 0.337 e. The highest BCUT2D eigenvalue weighted by molar-refractivity contribution is 7.92. The number of aromatic nitrogens is 4. The van der Waals surface area contributed by atoms with Crippen LogP contribution in [0.2, 0.25) is 0 Å². The zero-order valence-electron chi connectivity index (χ0n) is 16.3. The molecule has 2 N–H and O–H groups in total. The molecule has 10 heteroatoms. The maximum atomic E-state index is 13.0. The molecule has 0 aliphatic carbocycles. The van der Waals surface area contributed by atoms with Crippen molar-refractivity contribution in [2.45, 2.75) is 11.8 Å². The van der Waals surface area contributed by atoms with E-state index in [2.05, 4.69) is 28.8 Å². The van der Waals surface area contributed by atoms with Crippen molar-refractivity contribution in [2.75, 3.05) is 10.0 Å². The van der Waals surface area contributed by atoms with Crippen LogP contribution in [0.1, 0.15) is 5.56 Å². The van der Waals surface area contributed by atoms with Crippen molar-refractivity contribution in [3.63, 3.8) is 0 Å². The molecule has 0 radical (unpaired) electrons. The van der Waals surface area contributed by atoms with Crippen LogP contribution in [0.25, 0.3) is 22.1 Å². The number of sulfonamides is 1. The van der Waals surface area contributed by atoms with Gasteiger partial charge in [0.15, 0.2) is 11.6 Å². The van der Waals surface area contributed by atoms with E-state index in [0.717, 1.165) is 28.3 Å². The molecule has 0 saturated carbocycles. The van der Waals surface area contributed by atoms with Gasteiger partial charge in [0.2, 0.25) is 0 Å². The summed E-state index contributed by atoms with van der Waals surface area (Å²) >= 11 is 1.13. The first-order chi connectivity index (χ1) is 15.0. The van der Waals surface area contributed by atoms with Gasteiger partial charge in [-0.05, 0) is 55.0 Å². The minimum Gasteiger partial charge on any atom is -0.337 e. The molecule has 0 aliphatic heterocycles. The predicted octanol–water partition coefficient (Wildman–Crippen LogP) is 4.49. The van der Waals surface area contributed by atoms with E-state index < -0.39 is 10.0 Å². The molecule has 3 aromatic carbocycles. The fraction of sp³-hybridized carbons (Fsp3) is 0.0476. The highest BCUT2D eigenvalue weighted by atomic mass is 32.2. The van der Waals surface area contributed by atoms with Crippen molar-refractivity contribution in [3.8, 4) is 0 Å². The Balaban J connectivity index is 1.58. The van der Waals surface area contributed by atoms with Crippen molar-refractivity contribution in [3.05, 3.63) is 72.3 Å². The molecule has 154 valence electrons. The Morgan fingerprint density at radius 3 is 2.29 bits per heavy atom. The summed E-state index contributed by atoms with van der Waals surface area (Å²) in [4.78, 5) is 9.27. The smallest absolute Gasteiger partial charge is 0.263 e. The van der Waals surface area contributed by atoms with E-state index >= 15 is 0 Å². The number of hydrogen-bond acceptors (Lipinski definition) is 8. The molecule has 0 bridgehead atoms. The fourth-order valence-electron chi connectivity index (χ4n) is 3.12. The van der Waals surface area contributed by atoms with Gasteiger partial charge in [0.05, 0.1) is 27.7 Å². The van der Waals surface area contributed by atoms with Crippen LogP contribution in [0.4, 0.5) is 17.3 Å². The number of para-hydroxylation sites is 2. The number of benzene rings is 3. The zero-order chi connectivity index (χ0) is 21.4. The van der Waals surface area contributed by atoms with Gasteiger partial charge in [-0.15, -0.1) is 0 Å². The average Bonchev–Trinajstić information content (AvgIpc) is 3.22. The summed E-state index contributed by atoms with van der Waals surface area (Å²) in [6.07, 6.45) is 0. The van der Waals surface area contributed by atoms with E-state index in [9.17, 15) is 8.42 Å². The molecule has 0 unspecified atom stereocenters. The molecule has 0 spiro atoms. The topological polar surface area (TPSA) is 110 Å². The number of anilines is 3. The van der Waals surface area contributed by atoms with E-state index in [1.807, 2.05) is 49.4 Å². The minimum atomic E-state index is -3.86. The summed E-state index contributed by atoms with van der Waals surface area (Å²) in [5.74, 6) is 0.397. The Morgan fingerprint density at radius 1 is 0.774 bits per heavy atom. The van der Waals surface area contributed by atoms with Crippen LogP contribution in [0.3, 0.4) is 0 Å². The second kappa shape index (κ2) is 7.56. The summed E-state index contributed by atoms with van der Waals surface area (Å²) in [7, 11) is -3.86. The third-order valence-electron chi connectivity index (χ3n) is 4.62. The standard InChI is InChI=1S/C21H16N6O2S2/c1-13-5-4-6-15(11-13)31(28,29)27-21-20(23-16-7-2-3-8-17(16)24-21)22-14-9-10-18-19(12-14)26-30-25-18/h2-12H,1H3,(H,22,23)(H,24,27). The van der Waals surface area contributed by atoms with Crippen molar-refractivity contribution >= 4 is 61.1 Å². The molecular weight excluding hydrogens is 432 g/mol. The monoisotopic (exact) mass is 448 g/mol. The van der Waals surface area contributed by atoms with E-state index in [0.29, 0.717) is 16.7 Å². The lowest BCUT2D eigenvalue weighted by Gasteiger charge is -2.14. The highest BCUT2D eigenvalue weighted by Gasteiger charge is 2.19. The van der Waals surface area contributed by atoms with Gasteiger partial charge in [-0.2, -0.15) is 8.75 Å². The molecular formula is C21H16N6O2S2. The van der Waals surface area contributed by atoms with Gasteiger partial charge in [-0.25, -0.2) is 18.4 Å². The lowest BCUT2D eigenvalue weighted by Crippen LogP contribution is -2.16. The zero-order valence-corrected chi connectivity index (χ0v) is 17.9. The first kappa shape index (κ1) is 19.3. The molecule has 0 atom stereocenters. The molecule has 2 heterocycles. The first-order valence-electron chi connectivity index (χ1n) is 9.34. The molecule has 5 aromatic rings. The van der Waals surface area contributed by atoms with Crippen LogP contribution in [0.15, 0.2) is 71.6 Å². The summed E-state index contributed by atoms with van der Waals surface area (Å²) in [6.45, 7) is 1.84. The summed E-state index contributed by atoms with van der Waals surface area (Å²) in [5, 5.41) is 3.17. The fourth-order valence-corrected chi connectivity index (χ4v) is 4.75. The molecule has 0 aliphatic rings. The Kier molecular flexibility index (Phi) is 4.72. The Labute approximate surface area is 182 Å². The van der Waals surface area contributed by atoms with Crippen LogP contribution >= 0.6 is 11.7 Å². The molecule has 0 saturated heterocycles. The minimum absolute atomic E-state index is 0.108. The maximum absolute atomic E-state index is 13.0. The maximum Gasteiger partial charge on any atom is 0.263 e. The van der Waals surface area contributed by atoms with Gasteiger partial charge in [0.1, 0.15) is 11.0 Å². The normalized spacial score (nSPS) is 11.6. The molecule has 2 aromatic heterocycles. The van der Waals surface area contributed by atoms with E-state index in [-0.39, 0.29) is 16.5 Å². The number of hydrogen-bond donors (Lipinski definition) is 2. The summed E-state index contributed by atoms with van der Waals surface area (Å²) < 4.78 is 37.0. The van der Waals surface area contributed by atoms with Crippen molar-refractivity contribution < 1.29 is 8.42 Å². The van der Waals surface area contributed by atoms with E-state index in [1.54, 1.807) is 24.3 Å². The van der Waals surface area contributed by atoms with Gasteiger partial charge in [-0.3, -0.25) is 4.72 Å². The lowest BCUT2D eigenvalue weighted by molar-refractivity contribution is 0.601. The summed E-state index contributed by atoms with van der Waals surface area (Å²) in [6, 6.07) is 19.5. The van der Waals surface area contributed by atoms with Crippen LogP contribution in [-0.2, 0) is 10.0 Å². The molecule has 0 amide bonds. The summed E-state index contributed by atoms with van der Waals surface area (Å²) in [5.41, 5.74) is 4.29. The van der Waals surface area contributed by atoms with Crippen LogP contribution in [-0.4, -0.2) is 27.1 Å². The first-order valence-corrected chi connectivity index (χ1v) is 11.5. The van der Waals surface area contributed by atoms with Crippen molar-refractivity contribution in [2.24, 2.45) is 0 Å². The number of nitrogens with one attached hydrogen (secondary N) is 2. The predicted molar refractivity (Wildman–Crippen MR) is 122 cm³/mol. The molecule has 0 fully saturated rings. The Hall–Kier alpha value is -3.63. The molecule has 8 nitrogen and oxygen atoms in total. The van der Waals surface area contributed by atoms with E-state index in [1.165, 1.54) is 0 Å². The second-order valence-electron chi connectivity index (χ2n) is 6.92. The van der Waals surface area contributed by atoms with Crippen LogP contribution in [0, 0.1) is 6.92 Å². The number of nitrogens with zero attached hydrogens (tertiary/aromatic N) is 4. The number of fused-ring (bicyclic) bond motifs is 2. The number of rotatable bonds is 5. The second-order valence-corrected chi connectivity index (χ2v) is 9.14.